The van der Waals surface area contributed by atoms with E-state index in [0.29, 0.717) is 17.3 Å². The summed E-state index contributed by atoms with van der Waals surface area (Å²) in [6.07, 6.45) is 3.49. The van der Waals surface area contributed by atoms with E-state index in [1.54, 1.807) is 18.3 Å². The van der Waals surface area contributed by atoms with Gasteiger partial charge in [0, 0.05) is 17.1 Å². The average molecular weight is 301 g/mol. The van der Waals surface area contributed by atoms with E-state index in [2.05, 4.69) is 4.98 Å². The van der Waals surface area contributed by atoms with Gasteiger partial charge in [-0.05, 0) is 29.8 Å². The Morgan fingerprint density at radius 2 is 1.87 bits per heavy atom. The fourth-order valence-corrected chi connectivity index (χ4v) is 2.63. The van der Waals surface area contributed by atoms with Crippen LogP contribution in [0.15, 0.2) is 70.2 Å². The molecule has 23 heavy (non-hydrogen) atoms. The molecule has 0 aliphatic heterocycles. The number of para-hydroxylation sites is 1. The summed E-state index contributed by atoms with van der Waals surface area (Å²) in [5.74, 6) is 0. The van der Waals surface area contributed by atoms with Gasteiger partial charge in [-0.25, -0.2) is 0 Å². The van der Waals surface area contributed by atoms with Gasteiger partial charge in [-0.15, -0.1) is 0 Å². The lowest BCUT2D eigenvalue weighted by Gasteiger charge is -2.05. The number of pyridine rings is 1. The van der Waals surface area contributed by atoms with Crippen LogP contribution < -0.4 is 5.43 Å². The molecule has 0 N–H and O–H groups in total. The van der Waals surface area contributed by atoms with Crippen molar-refractivity contribution in [3.63, 3.8) is 0 Å². The van der Waals surface area contributed by atoms with Crippen molar-refractivity contribution in [3.8, 4) is 11.1 Å². The lowest BCUT2D eigenvalue weighted by Crippen LogP contribution is -2.07. The van der Waals surface area contributed by atoms with Gasteiger partial charge in [0.2, 0.25) is 5.43 Å². The Labute approximate surface area is 131 Å². The Hall–Kier alpha value is -3.27. The quantitative estimate of drug-likeness (QED) is 0.528. The molecule has 0 saturated carbocycles. The summed E-state index contributed by atoms with van der Waals surface area (Å²) in [5.41, 5.74) is 2.93. The van der Waals surface area contributed by atoms with Crippen LogP contribution in [0.4, 0.5) is 0 Å². The fourth-order valence-electron chi connectivity index (χ4n) is 2.63. The van der Waals surface area contributed by atoms with Crippen LogP contribution in [0.5, 0.6) is 0 Å². The number of rotatable bonds is 2. The van der Waals surface area contributed by atoms with Crippen LogP contribution in [0.3, 0.4) is 0 Å². The molecule has 0 aliphatic rings. The van der Waals surface area contributed by atoms with Gasteiger partial charge in [-0.2, -0.15) is 0 Å². The van der Waals surface area contributed by atoms with Crippen molar-refractivity contribution < 1.29 is 9.21 Å². The minimum atomic E-state index is -0.315. The van der Waals surface area contributed by atoms with Crippen LogP contribution >= 0.6 is 0 Å². The molecule has 110 valence electrons. The van der Waals surface area contributed by atoms with E-state index in [0.717, 1.165) is 22.0 Å². The van der Waals surface area contributed by atoms with Crippen molar-refractivity contribution >= 4 is 28.2 Å². The highest BCUT2D eigenvalue weighted by Gasteiger charge is 2.08. The van der Waals surface area contributed by atoms with Gasteiger partial charge in [-0.3, -0.25) is 14.6 Å². The second-order valence-electron chi connectivity index (χ2n) is 5.27. The van der Waals surface area contributed by atoms with Gasteiger partial charge in [0.05, 0.1) is 16.5 Å². The number of fused-ring (bicyclic) bond motifs is 2. The monoisotopic (exact) mass is 301 g/mol. The third kappa shape index (κ3) is 2.21. The first-order chi connectivity index (χ1) is 11.3. The van der Waals surface area contributed by atoms with Crippen LogP contribution in [-0.2, 0) is 0 Å². The Morgan fingerprint density at radius 1 is 1.00 bits per heavy atom. The summed E-state index contributed by atoms with van der Waals surface area (Å²) in [4.78, 5) is 27.3. The summed E-state index contributed by atoms with van der Waals surface area (Å²) in [7, 11) is 0. The van der Waals surface area contributed by atoms with E-state index in [4.69, 9.17) is 4.42 Å². The first-order valence-electron chi connectivity index (χ1n) is 7.12. The van der Waals surface area contributed by atoms with Crippen molar-refractivity contribution in [3.05, 3.63) is 76.8 Å². The lowest BCUT2D eigenvalue weighted by atomic mass is 10.0. The molecule has 0 atom stereocenters. The molecule has 0 amide bonds. The highest BCUT2D eigenvalue weighted by molar-refractivity contribution is 5.89. The summed E-state index contributed by atoms with van der Waals surface area (Å²) < 4.78 is 5.41. The van der Waals surface area contributed by atoms with Gasteiger partial charge in [0.25, 0.3) is 0 Å². The number of benzene rings is 2. The Bertz CT molecular complexity index is 1110. The maximum Gasteiger partial charge on any atom is 0.203 e. The Balaban J connectivity index is 1.91. The third-order valence-electron chi connectivity index (χ3n) is 3.85. The second kappa shape index (κ2) is 5.18. The van der Waals surface area contributed by atoms with Gasteiger partial charge >= 0.3 is 0 Å². The topological polar surface area (TPSA) is 60.2 Å². The molecule has 0 fully saturated rings. The standard InChI is InChI=1S/C19H11NO3/c21-10-15-11-23-18-8-12(5-6-16(18)19(15)22)14-7-13-3-1-2-4-17(13)20-9-14/h1-11H. The zero-order valence-corrected chi connectivity index (χ0v) is 12.0. The second-order valence-corrected chi connectivity index (χ2v) is 5.27. The largest absolute Gasteiger partial charge is 0.463 e. The highest BCUT2D eigenvalue weighted by atomic mass is 16.3. The molecule has 4 aromatic rings. The molecule has 4 heteroatoms. The summed E-state index contributed by atoms with van der Waals surface area (Å²) >= 11 is 0. The number of aldehydes is 1. The number of aromatic nitrogens is 1. The molecule has 2 aromatic heterocycles. The van der Waals surface area contributed by atoms with Gasteiger partial charge in [-0.1, -0.05) is 24.3 Å². The summed E-state index contributed by atoms with van der Waals surface area (Å²) in [6.45, 7) is 0. The average Bonchev–Trinajstić information content (AvgIpc) is 2.61. The van der Waals surface area contributed by atoms with Crippen molar-refractivity contribution in [2.45, 2.75) is 0 Å². The Kier molecular flexibility index (Phi) is 3.01. The molecule has 4 nitrogen and oxygen atoms in total. The molecule has 0 unspecified atom stereocenters. The van der Waals surface area contributed by atoms with Crippen LogP contribution in [0, 0.1) is 0 Å². The van der Waals surface area contributed by atoms with Crippen molar-refractivity contribution in [1.29, 1.82) is 0 Å². The fraction of sp³-hybridized carbons (Fsp3) is 0. The third-order valence-corrected chi connectivity index (χ3v) is 3.85. The lowest BCUT2D eigenvalue weighted by molar-refractivity contribution is 0.112. The zero-order valence-electron chi connectivity index (χ0n) is 12.0. The molecule has 0 bridgehead atoms. The van der Waals surface area contributed by atoms with E-state index < -0.39 is 0 Å². The number of carbonyl (C=O) groups excluding carboxylic acids is 1. The number of carbonyl (C=O) groups is 1. The van der Waals surface area contributed by atoms with Crippen LogP contribution in [-0.4, -0.2) is 11.3 Å². The van der Waals surface area contributed by atoms with E-state index in [9.17, 15) is 9.59 Å². The predicted octanol–water partition coefficient (Wildman–Crippen LogP) is 3.82. The van der Waals surface area contributed by atoms with Crippen LogP contribution in [0.2, 0.25) is 0 Å². The molecule has 0 saturated heterocycles. The van der Waals surface area contributed by atoms with Crippen LogP contribution in [0.25, 0.3) is 33.0 Å². The zero-order chi connectivity index (χ0) is 15.8. The van der Waals surface area contributed by atoms with Gasteiger partial charge < -0.3 is 4.42 Å². The molecule has 0 spiro atoms. The van der Waals surface area contributed by atoms with E-state index in [-0.39, 0.29) is 11.0 Å². The number of hydrogen-bond donors (Lipinski definition) is 0. The van der Waals surface area contributed by atoms with Crippen LogP contribution in [0.1, 0.15) is 10.4 Å². The summed E-state index contributed by atoms with van der Waals surface area (Å²) in [6, 6.07) is 15.2. The minimum Gasteiger partial charge on any atom is -0.463 e. The molecular weight excluding hydrogens is 290 g/mol. The maximum absolute atomic E-state index is 12.1. The first-order valence-corrected chi connectivity index (χ1v) is 7.12. The van der Waals surface area contributed by atoms with Crippen molar-refractivity contribution in [2.24, 2.45) is 0 Å². The number of hydrogen-bond acceptors (Lipinski definition) is 4. The van der Waals surface area contributed by atoms with Crippen molar-refractivity contribution in [1.82, 2.24) is 4.98 Å². The molecule has 0 aliphatic carbocycles. The Morgan fingerprint density at radius 3 is 2.74 bits per heavy atom. The minimum absolute atomic E-state index is 0.0256. The summed E-state index contributed by atoms with van der Waals surface area (Å²) in [5, 5.41) is 1.44. The first kappa shape index (κ1) is 13.4. The predicted molar refractivity (Wildman–Crippen MR) is 88.6 cm³/mol. The van der Waals surface area contributed by atoms with E-state index >= 15 is 0 Å². The molecule has 2 aromatic carbocycles. The molecule has 2 heterocycles. The number of nitrogens with zero attached hydrogens (tertiary/aromatic N) is 1. The van der Waals surface area contributed by atoms with Gasteiger partial charge in [0.15, 0.2) is 6.29 Å². The van der Waals surface area contributed by atoms with E-state index in [1.165, 1.54) is 6.26 Å². The molecular formula is C19H11NO3. The van der Waals surface area contributed by atoms with Gasteiger partial charge in [0.1, 0.15) is 11.8 Å². The SMILES string of the molecule is O=Cc1coc2cc(-c3cnc4ccccc4c3)ccc2c1=O. The van der Waals surface area contributed by atoms with Crippen molar-refractivity contribution in [2.75, 3.05) is 0 Å². The highest BCUT2D eigenvalue weighted by Crippen LogP contribution is 2.25. The smallest absolute Gasteiger partial charge is 0.203 e. The van der Waals surface area contributed by atoms with E-state index in [1.807, 2.05) is 36.4 Å². The molecule has 0 radical (unpaired) electrons. The normalized spacial score (nSPS) is 11.0. The molecule has 4 rings (SSSR count). The maximum atomic E-state index is 12.1.